The van der Waals surface area contributed by atoms with Gasteiger partial charge in [0.15, 0.2) is 0 Å². The lowest BCUT2D eigenvalue weighted by atomic mass is 9.95. The van der Waals surface area contributed by atoms with Crippen LogP contribution < -0.4 is 4.90 Å². The average Bonchev–Trinajstić information content (AvgIpc) is 3.24. The van der Waals surface area contributed by atoms with E-state index in [0.717, 1.165) is 35.0 Å². The fraction of sp³-hybridized carbons (Fsp3) is 0.333. The quantitative estimate of drug-likeness (QED) is 0.641. The molecule has 0 aliphatic carbocycles. The Labute approximate surface area is 185 Å². The van der Waals surface area contributed by atoms with Crippen molar-refractivity contribution >= 4 is 40.2 Å². The van der Waals surface area contributed by atoms with E-state index in [-0.39, 0.29) is 12.0 Å². The number of hydrogen-bond donors (Lipinski definition) is 1. The average molecular weight is 438 g/mol. The van der Waals surface area contributed by atoms with Crippen LogP contribution in [-0.2, 0) is 16.0 Å². The number of rotatable bonds is 3. The predicted molar refractivity (Wildman–Crippen MR) is 120 cm³/mol. The zero-order chi connectivity index (χ0) is 21.4. The highest BCUT2D eigenvalue weighted by Crippen LogP contribution is 2.36. The Kier molecular flexibility index (Phi) is 5.10. The highest BCUT2D eigenvalue weighted by Gasteiger charge is 2.46. The second kappa shape index (κ2) is 7.93. The van der Waals surface area contributed by atoms with Crippen LogP contribution in [0.3, 0.4) is 0 Å². The van der Waals surface area contributed by atoms with Gasteiger partial charge in [-0.2, -0.15) is 0 Å². The fourth-order valence-corrected chi connectivity index (χ4v) is 4.88. The molecule has 3 aromatic rings. The normalized spacial score (nSPS) is 21.5. The summed E-state index contributed by atoms with van der Waals surface area (Å²) >= 11 is 6.10. The first-order valence-corrected chi connectivity index (χ1v) is 11.0. The molecule has 6 nitrogen and oxygen atoms in total. The summed E-state index contributed by atoms with van der Waals surface area (Å²) in [6.45, 7) is 1.74. The maximum Gasteiger partial charge on any atom is 0.415 e. The molecule has 2 amide bonds. The highest BCUT2D eigenvalue weighted by molar-refractivity contribution is 6.30. The SMILES string of the molecule is O=C(Cc1c[nH]c2ccccc12)N1CCC[C@@]2(CC1)CN(c1cccc(Cl)c1)C(=O)O2. The lowest BCUT2D eigenvalue weighted by molar-refractivity contribution is -0.130. The Hall–Kier alpha value is -2.99. The molecule has 2 fully saturated rings. The number of aromatic nitrogens is 1. The van der Waals surface area contributed by atoms with Crippen LogP contribution in [0.15, 0.2) is 54.7 Å². The minimum Gasteiger partial charge on any atom is -0.441 e. The van der Waals surface area contributed by atoms with E-state index in [1.165, 1.54) is 0 Å². The molecule has 3 heterocycles. The van der Waals surface area contributed by atoms with Crippen LogP contribution >= 0.6 is 11.6 Å². The van der Waals surface area contributed by atoms with Gasteiger partial charge in [-0.1, -0.05) is 35.9 Å². The molecule has 0 unspecified atom stereocenters. The summed E-state index contributed by atoms with van der Waals surface area (Å²) in [6.07, 6.45) is 4.12. The van der Waals surface area contributed by atoms with Crippen molar-refractivity contribution in [2.45, 2.75) is 31.3 Å². The molecule has 5 rings (SSSR count). The second-order valence-electron chi connectivity index (χ2n) is 8.39. The van der Waals surface area contributed by atoms with Gasteiger partial charge >= 0.3 is 6.09 Å². The van der Waals surface area contributed by atoms with E-state index in [4.69, 9.17) is 16.3 Å². The maximum absolute atomic E-state index is 13.0. The molecule has 160 valence electrons. The minimum atomic E-state index is -0.560. The molecular weight excluding hydrogens is 414 g/mol. The first-order valence-electron chi connectivity index (χ1n) is 10.6. The van der Waals surface area contributed by atoms with Crippen LogP contribution in [0.4, 0.5) is 10.5 Å². The van der Waals surface area contributed by atoms with Crippen LogP contribution in [0.25, 0.3) is 10.9 Å². The van der Waals surface area contributed by atoms with Crippen LogP contribution in [0.2, 0.25) is 5.02 Å². The lowest BCUT2D eigenvalue weighted by Gasteiger charge is -2.25. The Morgan fingerprint density at radius 1 is 1.13 bits per heavy atom. The van der Waals surface area contributed by atoms with Gasteiger partial charge in [-0.25, -0.2) is 4.79 Å². The summed E-state index contributed by atoms with van der Waals surface area (Å²) in [4.78, 5) is 32.4. The Morgan fingerprint density at radius 3 is 2.87 bits per heavy atom. The highest BCUT2D eigenvalue weighted by atomic mass is 35.5. The number of amides is 2. The van der Waals surface area contributed by atoms with Crippen molar-refractivity contribution < 1.29 is 14.3 Å². The van der Waals surface area contributed by atoms with Gasteiger partial charge in [-0.05, 0) is 42.7 Å². The van der Waals surface area contributed by atoms with E-state index in [2.05, 4.69) is 4.98 Å². The number of fused-ring (bicyclic) bond motifs is 1. The fourth-order valence-electron chi connectivity index (χ4n) is 4.70. The van der Waals surface area contributed by atoms with E-state index in [9.17, 15) is 9.59 Å². The summed E-state index contributed by atoms with van der Waals surface area (Å²) in [5.74, 6) is 0.109. The molecule has 2 aromatic carbocycles. The van der Waals surface area contributed by atoms with Gasteiger partial charge in [-0.3, -0.25) is 9.69 Å². The first-order chi connectivity index (χ1) is 15.0. The Morgan fingerprint density at radius 2 is 2.00 bits per heavy atom. The van der Waals surface area contributed by atoms with E-state index in [0.29, 0.717) is 37.5 Å². The number of anilines is 1. The molecule has 2 aliphatic rings. The summed E-state index contributed by atoms with van der Waals surface area (Å²) in [5.41, 5.74) is 2.24. The van der Waals surface area contributed by atoms with Crippen LogP contribution in [0.5, 0.6) is 0 Å². The zero-order valence-corrected chi connectivity index (χ0v) is 17.9. The number of aromatic amines is 1. The van der Waals surface area contributed by atoms with Gasteiger partial charge in [0.25, 0.3) is 0 Å². The topological polar surface area (TPSA) is 65.6 Å². The van der Waals surface area contributed by atoms with Gasteiger partial charge in [0.2, 0.25) is 5.91 Å². The van der Waals surface area contributed by atoms with Crippen molar-refractivity contribution in [1.29, 1.82) is 0 Å². The molecule has 7 heteroatoms. The Bertz CT molecular complexity index is 1140. The number of H-pyrrole nitrogens is 1. The number of ether oxygens (including phenoxy) is 1. The monoisotopic (exact) mass is 437 g/mol. The standard InChI is InChI=1S/C24H24ClN3O3/c25-18-5-3-6-19(14-18)28-16-24(31-23(28)30)9-4-11-27(12-10-24)22(29)13-17-15-26-21-8-2-1-7-20(17)21/h1-3,5-8,14-15,26H,4,9-13,16H2/t24-/m1/s1. The number of hydrogen-bond acceptors (Lipinski definition) is 3. The van der Waals surface area contributed by atoms with Crippen LogP contribution in [0, 0.1) is 0 Å². The van der Waals surface area contributed by atoms with Crippen molar-refractivity contribution in [2.24, 2.45) is 0 Å². The van der Waals surface area contributed by atoms with Crippen molar-refractivity contribution in [3.8, 4) is 0 Å². The third-order valence-electron chi connectivity index (χ3n) is 6.36. The third kappa shape index (κ3) is 3.88. The van der Waals surface area contributed by atoms with Crippen molar-refractivity contribution in [3.05, 3.63) is 65.3 Å². The number of benzene rings is 2. The molecule has 0 bridgehead atoms. The van der Waals surface area contributed by atoms with E-state index < -0.39 is 5.60 Å². The van der Waals surface area contributed by atoms with Crippen molar-refractivity contribution in [1.82, 2.24) is 9.88 Å². The number of halogens is 1. The van der Waals surface area contributed by atoms with E-state index in [1.807, 2.05) is 47.5 Å². The van der Waals surface area contributed by atoms with Crippen molar-refractivity contribution in [2.75, 3.05) is 24.5 Å². The molecule has 1 atom stereocenters. The lowest BCUT2D eigenvalue weighted by Crippen LogP contribution is -2.37. The van der Waals surface area contributed by atoms with E-state index in [1.54, 1.807) is 17.0 Å². The molecular formula is C24H24ClN3O3. The predicted octanol–water partition coefficient (Wildman–Crippen LogP) is 4.77. The summed E-state index contributed by atoms with van der Waals surface area (Å²) in [6, 6.07) is 15.3. The van der Waals surface area contributed by atoms with Crippen LogP contribution in [0.1, 0.15) is 24.8 Å². The molecule has 0 saturated carbocycles. The molecule has 2 aliphatic heterocycles. The number of likely N-dealkylation sites (tertiary alicyclic amines) is 1. The largest absolute Gasteiger partial charge is 0.441 e. The summed E-state index contributed by atoms with van der Waals surface area (Å²) in [7, 11) is 0. The van der Waals surface area contributed by atoms with Gasteiger partial charge in [-0.15, -0.1) is 0 Å². The molecule has 1 spiro atoms. The number of carbonyl (C=O) groups is 2. The van der Waals surface area contributed by atoms with Gasteiger partial charge in [0.1, 0.15) is 5.60 Å². The number of para-hydroxylation sites is 1. The second-order valence-corrected chi connectivity index (χ2v) is 8.82. The van der Waals surface area contributed by atoms with Gasteiger partial charge < -0.3 is 14.6 Å². The smallest absolute Gasteiger partial charge is 0.415 e. The first kappa shape index (κ1) is 19.9. The maximum atomic E-state index is 13.0. The van der Waals surface area contributed by atoms with E-state index >= 15 is 0 Å². The van der Waals surface area contributed by atoms with Gasteiger partial charge in [0.05, 0.1) is 13.0 Å². The van der Waals surface area contributed by atoms with Crippen molar-refractivity contribution in [3.63, 3.8) is 0 Å². The van der Waals surface area contributed by atoms with Crippen LogP contribution in [-0.4, -0.2) is 47.1 Å². The molecule has 1 aromatic heterocycles. The number of nitrogens with zero attached hydrogens (tertiary/aromatic N) is 2. The molecule has 2 saturated heterocycles. The number of carbonyl (C=O) groups excluding carboxylic acids is 2. The molecule has 0 radical (unpaired) electrons. The summed E-state index contributed by atoms with van der Waals surface area (Å²) < 4.78 is 5.87. The molecule has 1 N–H and O–H groups in total. The summed E-state index contributed by atoms with van der Waals surface area (Å²) in [5, 5.41) is 1.67. The number of nitrogens with one attached hydrogen (secondary N) is 1. The minimum absolute atomic E-state index is 0.109. The molecule has 31 heavy (non-hydrogen) atoms. The van der Waals surface area contributed by atoms with Gasteiger partial charge in [0, 0.05) is 47.3 Å². The Balaban J connectivity index is 1.27. The third-order valence-corrected chi connectivity index (χ3v) is 6.59. The zero-order valence-electron chi connectivity index (χ0n) is 17.1.